The number of carbonyl (C=O) groups is 3. The Morgan fingerprint density at radius 1 is 1.24 bits per heavy atom. The number of aromatic nitrogens is 2. The van der Waals surface area contributed by atoms with E-state index in [9.17, 15) is 14.4 Å². The summed E-state index contributed by atoms with van der Waals surface area (Å²) < 4.78 is 0. The molecule has 3 amide bonds. The maximum absolute atomic E-state index is 11.7. The van der Waals surface area contributed by atoms with Gasteiger partial charge in [-0.05, 0) is 20.8 Å². The third kappa shape index (κ3) is 5.05. The van der Waals surface area contributed by atoms with Crippen LogP contribution in [0.5, 0.6) is 0 Å². The van der Waals surface area contributed by atoms with E-state index >= 15 is 0 Å². The van der Waals surface area contributed by atoms with Gasteiger partial charge in [-0.2, -0.15) is 0 Å². The first-order valence-corrected chi connectivity index (χ1v) is 6.07. The lowest BCUT2D eigenvalue weighted by atomic mass is 10.1. The lowest BCUT2D eigenvalue weighted by Gasteiger charge is -2.32. The molecule has 1 aromatic rings. The van der Waals surface area contributed by atoms with Crippen LogP contribution < -0.4 is 10.9 Å². The third-order valence-electron chi connectivity index (χ3n) is 2.45. The van der Waals surface area contributed by atoms with E-state index in [1.807, 2.05) is 0 Å². The third-order valence-corrected chi connectivity index (χ3v) is 2.45. The largest absolute Gasteiger partial charge is 0.465 e. The predicted molar refractivity (Wildman–Crippen MR) is 72.1 cm³/mol. The Labute approximate surface area is 121 Å². The van der Waals surface area contributed by atoms with Crippen LogP contribution in [0.4, 0.5) is 4.79 Å². The van der Waals surface area contributed by atoms with Crippen LogP contribution in [0.1, 0.15) is 31.3 Å². The highest BCUT2D eigenvalue weighted by atomic mass is 16.4. The smallest absolute Gasteiger partial charge is 0.408 e. The molecule has 0 unspecified atom stereocenters. The molecule has 0 saturated carbocycles. The molecule has 21 heavy (non-hydrogen) atoms. The Hall–Kier alpha value is -2.71. The fourth-order valence-electron chi connectivity index (χ4n) is 1.38. The molecule has 9 nitrogen and oxygen atoms in total. The molecule has 3 N–H and O–H groups in total. The van der Waals surface area contributed by atoms with Crippen LogP contribution in [0.2, 0.25) is 0 Å². The number of hydrazine groups is 1. The van der Waals surface area contributed by atoms with Crippen molar-refractivity contribution >= 4 is 17.9 Å². The van der Waals surface area contributed by atoms with Crippen LogP contribution in [0.3, 0.4) is 0 Å². The molecule has 1 aromatic heterocycles. The Morgan fingerprint density at radius 2 is 1.90 bits per heavy atom. The van der Waals surface area contributed by atoms with E-state index in [0.717, 1.165) is 4.90 Å². The Morgan fingerprint density at radius 3 is 2.38 bits per heavy atom. The minimum atomic E-state index is -1.22. The van der Waals surface area contributed by atoms with Gasteiger partial charge >= 0.3 is 6.09 Å². The quantitative estimate of drug-likeness (QED) is 0.675. The van der Waals surface area contributed by atoms with Gasteiger partial charge in [-0.1, -0.05) is 0 Å². The van der Waals surface area contributed by atoms with Crippen molar-refractivity contribution in [2.75, 3.05) is 6.54 Å². The number of rotatable bonds is 3. The maximum Gasteiger partial charge on any atom is 0.408 e. The number of carboxylic acid groups (broad SMARTS) is 1. The molecule has 0 bridgehead atoms. The number of nitrogens with one attached hydrogen (secondary N) is 2. The van der Waals surface area contributed by atoms with Crippen LogP contribution in [0.15, 0.2) is 18.6 Å². The van der Waals surface area contributed by atoms with Crippen LogP contribution >= 0.6 is 0 Å². The van der Waals surface area contributed by atoms with Gasteiger partial charge in [0.2, 0.25) is 0 Å². The van der Waals surface area contributed by atoms with Crippen molar-refractivity contribution in [2.24, 2.45) is 0 Å². The molecule has 1 rings (SSSR count). The molecule has 0 radical (unpaired) electrons. The van der Waals surface area contributed by atoms with Gasteiger partial charge in [0.25, 0.3) is 11.8 Å². The maximum atomic E-state index is 11.7. The summed E-state index contributed by atoms with van der Waals surface area (Å²) in [6.07, 6.45) is 2.75. The number of nitrogens with zero attached hydrogens (tertiary/aromatic N) is 3. The molecule has 0 aromatic carbocycles. The molecule has 114 valence electrons. The van der Waals surface area contributed by atoms with Gasteiger partial charge in [-0.3, -0.25) is 30.3 Å². The molecule has 0 aliphatic rings. The summed E-state index contributed by atoms with van der Waals surface area (Å²) >= 11 is 0. The zero-order valence-corrected chi connectivity index (χ0v) is 12.0. The SMILES string of the molecule is CC(C)(C)N(CC(=O)NNC(=O)c1cnccn1)C(=O)O. The number of hydrogen-bond acceptors (Lipinski definition) is 5. The van der Waals surface area contributed by atoms with E-state index < -0.39 is 30.0 Å². The molecular weight excluding hydrogens is 278 g/mol. The van der Waals surface area contributed by atoms with E-state index in [1.165, 1.54) is 18.6 Å². The lowest BCUT2D eigenvalue weighted by molar-refractivity contribution is -0.123. The molecule has 0 aliphatic heterocycles. The zero-order chi connectivity index (χ0) is 16.0. The average molecular weight is 295 g/mol. The van der Waals surface area contributed by atoms with Gasteiger partial charge in [0, 0.05) is 17.9 Å². The zero-order valence-electron chi connectivity index (χ0n) is 12.0. The molecular formula is C12H17N5O4. The highest BCUT2D eigenvalue weighted by Gasteiger charge is 2.28. The van der Waals surface area contributed by atoms with E-state index in [0.29, 0.717) is 0 Å². The standard InChI is InChI=1S/C12H17N5O4/c1-12(2,3)17(11(20)21)7-9(18)15-16-10(19)8-6-13-4-5-14-8/h4-6H,7H2,1-3H3,(H,15,18)(H,16,19)(H,20,21). The van der Waals surface area contributed by atoms with E-state index in [4.69, 9.17) is 5.11 Å². The van der Waals surface area contributed by atoms with Crippen molar-refractivity contribution in [3.63, 3.8) is 0 Å². The monoisotopic (exact) mass is 295 g/mol. The molecule has 0 atom stereocenters. The predicted octanol–water partition coefficient (Wildman–Crippen LogP) is 0.0161. The Balaban J connectivity index is 2.54. The fourth-order valence-corrected chi connectivity index (χ4v) is 1.38. The van der Waals surface area contributed by atoms with Crippen molar-refractivity contribution < 1.29 is 19.5 Å². The average Bonchev–Trinajstić information content (AvgIpc) is 2.41. The van der Waals surface area contributed by atoms with Crippen molar-refractivity contribution in [3.8, 4) is 0 Å². The Kier molecular flexibility index (Phi) is 5.17. The van der Waals surface area contributed by atoms with Gasteiger partial charge in [-0.15, -0.1) is 0 Å². The molecule has 0 fully saturated rings. The lowest BCUT2D eigenvalue weighted by Crippen LogP contribution is -2.52. The molecule has 0 saturated heterocycles. The molecule has 9 heteroatoms. The van der Waals surface area contributed by atoms with Crippen LogP contribution in [-0.2, 0) is 4.79 Å². The summed E-state index contributed by atoms with van der Waals surface area (Å²) in [5.41, 5.74) is 3.55. The second-order valence-corrected chi connectivity index (χ2v) is 5.13. The minimum absolute atomic E-state index is 0.0312. The summed E-state index contributed by atoms with van der Waals surface area (Å²) in [4.78, 5) is 42.8. The fraction of sp³-hybridized carbons (Fsp3) is 0.417. The summed E-state index contributed by atoms with van der Waals surface area (Å²) in [6.45, 7) is 4.57. The van der Waals surface area contributed by atoms with Gasteiger partial charge in [0.05, 0.1) is 6.20 Å². The summed E-state index contributed by atoms with van der Waals surface area (Å²) in [7, 11) is 0. The second kappa shape index (κ2) is 6.64. The normalized spacial score (nSPS) is 10.6. The summed E-state index contributed by atoms with van der Waals surface area (Å²) in [5, 5.41) is 9.05. The van der Waals surface area contributed by atoms with Crippen LogP contribution in [0, 0.1) is 0 Å². The number of hydrogen-bond donors (Lipinski definition) is 3. The van der Waals surface area contributed by atoms with Crippen LogP contribution in [0.25, 0.3) is 0 Å². The van der Waals surface area contributed by atoms with E-state index in [1.54, 1.807) is 20.8 Å². The summed E-state index contributed by atoms with van der Waals surface area (Å²) in [5.74, 6) is -1.31. The highest BCUT2D eigenvalue weighted by Crippen LogP contribution is 2.12. The van der Waals surface area contributed by atoms with E-state index in [-0.39, 0.29) is 5.69 Å². The van der Waals surface area contributed by atoms with Crippen molar-refractivity contribution in [3.05, 3.63) is 24.3 Å². The van der Waals surface area contributed by atoms with Gasteiger partial charge in [-0.25, -0.2) is 9.78 Å². The molecule has 1 heterocycles. The molecule has 0 aliphatic carbocycles. The highest BCUT2D eigenvalue weighted by molar-refractivity contribution is 5.93. The number of carbonyl (C=O) groups excluding carboxylic acids is 2. The first-order valence-electron chi connectivity index (χ1n) is 6.07. The number of amides is 3. The summed E-state index contributed by atoms with van der Waals surface area (Å²) in [6, 6.07) is 0. The van der Waals surface area contributed by atoms with E-state index in [2.05, 4.69) is 20.8 Å². The van der Waals surface area contributed by atoms with Gasteiger partial charge in [0.1, 0.15) is 12.2 Å². The Bertz CT molecular complexity index is 526. The van der Waals surface area contributed by atoms with Crippen LogP contribution in [-0.4, -0.2) is 50.0 Å². The topological polar surface area (TPSA) is 125 Å². The van der Waals surface area contributed by atoms with Gasteiger partial charge < -0.3 is 5.11 Å². The molecule has 0 spiro atoms. The van der Waals surface area contributed by atoms with Crippen molar-refractivity contribution in [1.82, 2.24) is 25.7 Å². The second-order valence-electron chi connectivity index (χ2n) is 5.13. The van der Waals surface area contributed by atoms with Gasteiger partial charge in [0.15, 0.2) is 0 Å². The minimum Gasteiger partial charge on any atom is -0.465 e. The first-order chi connectivity index (χ1) is 9.71. The van der Waals surface area contributed by atoms with Crippen molar-refractivity contribution in [1.29, 1.82) is 0 Å². The first kappa shape index (κ1) is 16.3. The van der Waals surface area contributed by atoms with Crippen molar-refractivity contribution in [2.45, 2.75) is 26.3 Å².